The fraction of sp³-hybridized carbons (Fsp3) is 0.538. The molecular formula is C13H22N6S. The lowest BCUT2D eigenvalue weighted by molar-refractivity contribution is 0.542. The first kappa shape index (κ1) is 15.0. The number of nitrogens with zero attached hydrogens (tertiary/aromatic N) is 3. The van der Waals surface area contributed by atoms with Crippen LogP contribution >= 0.6 is 11.3 Å². The summed E-state index contributed by atoms with van der Waals surface area (Å²) in [5.74, 6) is 6.28. The van der Waals surface area contributed by atoms with Crippen molar-refractivity contribution in [3.05, 3.63) is 27.8 Å². The predicted molar refractivity (Wildman–Crippen MR) is 82.2 cm³/mol. The van der Waals surface area contributed by atoms with Crippen molar-refractivity contribution in [2.75, 3.05) is 5.73 Å². The van der Waals surface area contributed by atoms with Gasteiger partial charge >= 0.3 is 0 Å². The minimum Gasteiger partial charge on any atom is -0.384 e. The summed E-state index contributed by atoms with van der Waals surface area (Å²) in [4.78, 5) is 4.69. The Morgan fingerprint density at radius 2 is 2.15 bits per heavy atom. The Labute approximate surface area is 123 Å². The molecule has 2 aromatic heterocycles. The summed E-state index contributed by atoms with van der Waals surface area (Å²) in [5, 5.41) is 7.30. The normalized spacial score (nSPS) is 13.7. The molecule has 0 saturated carbocycles. The molecule has 2 rings (SSSR count). The molecule has 7 heteroatoms. The SMILES string of the molecule is Cn1ncc(C(Cc2nc(C(C)(C)C)cs2)NN)c1N. The monoisotopic (exact) mass is 294 g/mol. The number of hydrazine groups is 1. The number of thiazole rings is 1. The van der Waals surface area contributed by atoms with E-state index >= 15 is 0 Å². The number of rotatable bonds is 4. The van der Waals surface area contributed by atoms with Gasteiger partial charge in [-0.25, -0.2) is 4.98 Å². The number of anilines is 1. The van der Waals surface area contributed by atoms with Gasteiger partial charge < -0.3 is 5.73 Å². The van der Waals surface area contributed by atoms with Gasteiger partial charge in [0.25, 0.3) is 0 Å². The van der Waals surface area contributed by atoms with E-state index in [1.54, 1.807) is 22.2 Å². The Balaban J connectivity index is 2.19. The van der Waals surface area contributed by atoms with Crippen LogP contribution in [0.25, 0.3) is 0 Å². The first-order chi connectivity index (χ1) is 9.32. The van der Waals surface area contributed by atoms with Gasteiger partial charge in [0.15, 0.2) is 0 Å². The molecule has 1 atom stereocenters. The maximum atomic E-state index is 6.00. The number of nitrogens with one attached hydrogen (secondary N) is 1. The molecule has 20 heavy (non-hydrogen) atoms. The third kappa shape index (κ3) is 3.00. The van der Waals surface area contributed by atoms with Crippen LogP contribution in [0.3, 0.4) is 0 Å². The van der Waals surface area contributed by atoms with Gasteiger partial charge in [0.05, 0.1) is 22.9 Å². The van der Waals surface area contributed by atoms with Gasteiger partial charge in [0.1, 0.15) is 5.82 Å². The Morgan fingerprint density at radius 3 is 2.60 bits per heavy atom. The fourth-order valence-corrected chi connectivity index (χ4v) is 2.98. The highest BCUT2D eigenvalue weighted by Gasteiger charge is 2.21. The van der Waals surface area contributed by atoms with Gasteiger partial charge in [0.2, 0.25) is 0 Å². The standard InChI is InChI=1S/C13H22N6S/c1-13(2,3)10-7-20-11(17-10)5-9(18-15)8-6-16-19(4)12(8)14/h6-7,9,18H,5,14-15H2,1-4H3. The van der Waals surface area contributed by atoms with Crippen molar-refractivity contribution < 1.29 is 0 Å². The molecule has 0 radical (unpaired) electrons. The molecule has 0 amide bonds. The molecule has 2 heterocycles. The van der Waals surface area contributed by atoms with Crippen molar-refractivity contribution in [3.63, 3.8) is 0 Å². The molecule has 0 fully saturated rings. The molecule has 5 N–H and O–H groups in total. The molecule has 0 bridgehead atoms. The summed E-state index contributed by atoms with van der Waals surface area (Å²) in [6.07, 6.45) is 2.45. The van der Waals surface area contributed by atoms with Crippen LogP contribution < -0.4 is 17.0 Å². The Kier molecular flexibility index (Phi) is 4.12. The van der Waals surface area contributed by atoms with E-state index in [2.05, 4.69) is 41.7 Å². The molecule has 2 aromatic rings. The first-order valence-corrected chi connectivity index (χ1v) is 7.39. The van der Waals surface area contributed by atoms with E-state index in [1.165, 1.54) is 0 Å². The average Bonchev–Trinajstić information content (AvgIpc) is 2.95. The lowest BCUT2D eigenvalue weighted by Crippen LogP contribution is -2.30. The summed E-state index contributed by atoms with van der Waals surface area (Å²) in [6.45, 7) is 6.47. The van der Waals surface area contributed by atoms with Crippen LogP contribution in [0.15, 0.2) is 11.6 Å². The highest BCUT2D eigenvalue weighted by atomic mass is 32.1. The van der Waals surface area contributed by atoms with E-state index in [0.29, 0.717) is 12.2 Å². The smallest absolute Gasteiger partial charge is 0.126 e. The van der Waals surface area contributed by atoms with E-state index in [0.717, 1.165) is 16.3 Å². The predicted octanol–water partition coefficient (Wildman–Crippen LogP) is 1.50. The number of nitrogens with two attached hydrogens (primary N) is 2. The van der Waals surface area contributed by atoms with Crippen LogP contribution in [-0.2, 0) is 18.9 Å². The Morgan fingerprint density at radius 1 is 1.45 bits per heavy atom. The van der Waals surface area contributed by atoms with Crippen molar-refractivity contribution in [1.29, 1.82) is 0 Å². The van der Waals surface area contributed by atoms with Crippen LogP contribution in [0.4, 0.5) is 5.82 Å². The number of aryl methyl sites for hydroxylation is 1. The molecule has 0 aromatic carbocycles. The number of hydrogen-bond donors (Lipinski definition) is 3. The quantitative estimate of drug-likeness (QED) is 0.587. The van der Waals surface area contributed by atoms with Crippen LogP contribution in [0, 0.1) is 0 Å². The largest absolute Gasteiger partial charge is 0.384 e. The zero-order chi connectivity index (χ0) is 14.9. The van der Waals surface area contributed by atoms with E-state index in [4.69, 9.17) is 11.6 Å². The van der Waals surface area contributed by atoms with E-state index < -0.39 is 0 Å². The molecule has 0 spiro atoms. The van der Waals surface area contributed by atoms with Crippen molar-refractivity contribution in [1.82, 2.24) is 20.2 Å². The van der Waals surface area contributed by atoms with Gasteiger partial charge in [-0.2, -0.15) is 5.10 Å². The number of hydrogen-bond acceptors (Lipinski definition) is 6. The van der Waals surface area contributed by atoms with E-state index in [1.807, 2.05) is 7.05 Å². The first-order valence-electron chi connectivity index (χ1n) is 6.51. The maximum absolute atomic E-state index is 6.00. The van der Waals surface area contributed by atoms with Crippen LogP contribution in [-0.4, -0.2) is 14.8 Å². The third-order valence-corrected chi connectivity index (χ3v) is 4.16. The molecular weight excluding hydrogens is 272 g/mol. The second kappa shape index (κ2) is 5.51. The number of nitrogen functional groups attached to an aromatic ring is 1. The maximum Gasteiger partial charge on any atom is 0.126 e. The molecule has 1 unspecified atom stereocenters. The van der Waals surface area contributed by atoms with Crippen molar-refractivity contribution in [2.24, 2.45) is 12.9 Å². The molecule has 0 saturated heterocycles. The second-order valence-corrected chi connectivity index (χ2v) is 6.85. The molecule has 0 aliphatic rings. The molecule has 0 aliphatic carbocycles. The summed E-state index contributed by atoms with van der Waals surface area (Å²) in [5.41, 5.74) is 10.9. The zero-order valence-electron chi connectivity index (χ0n) is 12.3. The lowest BCUT2D eigenvalue weighted by atomic mass is 9.93. The third-order valence-electron chi connectivity index (χ3n) is 3.29. The Hall–Kier alpha value is -1.44. The van der Waals surface area contributed by atoms with Crippen molar-refractivity contribution in [2.45, 2.75) is 38.6 Å². The van der Waals surface area contributed by atoms with Crippen molar-refractivity contribution >= 4 is 17.2 Å². The molecule has 0 aliphatic heterocycles. The minimum absolute atomic E-state index is 0.0632. The van der Waals surface area contributed by atoms with E-state index in [-0.39, 0.29) is 11.5 Å². The zero-order valence-corrected chi connectivity index (χ0v) is 13.2. The number of aromatic nitrogens is 3. The molecule has 110 valence electrons. The lowest BCUT2D eigenvalue weighted by Gasteiger charge is -2.15. The summed E-state index contributed by atoms with van der Waals surface area (Å²) < 4.78 is 1.64. The Bertz CT molecular complexity index is 580. The van der Waals surface area contributed by atoms with Gasteiger partial charge in [-0.05, 0) is 0 Å². The van der Waals surface area contributed by atoms with Gasteiger partial charge in [0, 0.05) is 29.8 Å². The van der Waals surface area contributed by atoms with Crippen LogP contribution in [0.5, 0.6) is 0 Å². The van der Waals surface area contributed by atoms with Gasteiger partial charge in [-0.3, -0.25) is 16.0 Å². The summed E-state index contributed by atoms with van der Waals surface area (Å²) in [7, 11) is 1.81. The highest BCUT2D eigenvalue weighted by Crippen LogP contribution is 2.28. The van der Waals surface area contributed by atoms with E-state index in [9.17, 15) is 0 Å². The summed E-state index contributed by atoms with van der Waals surface area (Å²) >= 11 is 1.65. The molecule has 6 nitrogen and oxygen atoms in total. The van der Waals surface area contributed by atoms with Crippen LogP contribution in [0.1, 0.15) is 43.1 Å². The average molecular weight is 294 g/mol. The summed E-state index contributed by atoms with van der Waals surface area (Å²) in [6, 6.07) is -0.0809. The minimum atomic E-state index is -0.0809. The second-order valence-electron chi connectivity index (χ2n) is 5.91. The van der Waals surface area contributed by atoms with Gasteiger partial charge in [-0.1, -0.05) is 20.8 Å². The van der Waals surface area contributed by atoms with Gasteiger partial charge in [-0.15, -0.1) is 11.3 Å². The van der Waals surface area contributed by atoms with Crippen molar-refractivity contribution in [3.8, 4) is 0 Å². The highest BCUT2D eigenvalue weighted by molar-refractivity contribution is 7.09. The fourth-order valence-electron chi connectivity index (χ4n) is 1.91. The topological polar surface area (TPSA) is 94.8 Å². The van der Waals surface area contributed by atoms with Crippen LogP contribution in [0.2, 0.25) is 0 Å².